The van der Waals surface area contributed by atoms with Crippen molar-refractivity contribution in [1.29, 1.82) is 0 Å². The first-order chi connectivity index (χ1) is 9.63. The standard InChI is InChI=1S/C19H22O/c1-4-15-6-9-17(5-2)19(13-15)18-10-7-16(8-11-18)12-14(3)20/h6-11,13H,4-5,12H2,1-3H3. The lowest BCUT2D eigenvalue weighted by Gasteiger charge is -2.11. The van der Waals surface area contributed by atoms with E-state index in [2.05, 4.69) is 56.3 Å². The molecule has 0 amide bonds. The Morgan fingerprint density at radius 3 is 2.10 bits per heavy atom. The molecule has 1 heteroatoms. The molecular formula is C19H22O. The predicted molar refractivity (Wildman–Crippen MR) is 85.0 cm³/mol. The number of carbonyl (C=O) groups excluding carboxylic acids is 1. The largest absolute Gasteiger partial charge is 0.300 e. The van der Waals surface area contributed by atoms with Crippen LogP contribution in [0.1, 0.15) is 37.5 Å². The number of benzene rings is 2. The highest BCUT2D eigenvalue weighted by atomic mass is 16.1. The van der Waals surface area contributed by atoms with Gasteiger partial charge in [-0.05, 0) is 47.6 Å². The third kappa shape index (κ3) is 3.36. The van der Waals surface area contributed by atoms with E-state index in [-0.39, 0.29) is 5.78 Å². The van der Waals surface area contributed by atoms with Crippen molar-refractivity contribution in [2.24, 2.45) is 0 Å². The van der Waals surface area contributed by atoms with Crippen molar-refractivity contribution >= 4 is 5.78 Å². The van der Waals surface area contributed by atoms with Crippen LogP contribution in [0.4, 0.5) is 0 Å². The van der Waals surface area contributed by atoms with Crippen LogP contribution < -0.4 is 0 Å². The number of Topliss-reactive ketones (excluding diaryl/α,β-unsaturated/α-hetero) is 1. The van der Waals surface area contributed by atoms with Crippen LogP contribution in [0.5, 0.6) is 0 Å². The molecule has 0 fully saturated rings. The monoisotopic (exact) mass is 266 g/mol. The molecule has 0 bridgehead atoms. The fourth-order valence-corrected chi connectivity index (χ4v) is 2.51. The predicted octanol–water partition coefficient (Wildman–Crippen LogP) is 4.61. The summed E-state index contributed by atoms with van der Waals surface area (Å²) < 4.78 is 0. The molecule has 0 aliphatic carbocycles. The van der Waals surface area contributed by atoms with E-state index in [0.717, 1.165) is 18.4 Å². The molecule has 0 heterocycles. The van der Waals surface area contributed by atoms with Crippen molar-refractivity contribution in [2.75, 3.05) is 0 Å². The molecule has 1 nitrogen and oxygen atoms in total. The fourth-order valence-electron chi connectivity index (χ4n) is 2.51. The molecule has 2 aromatic carbocycles. The van der Waals surface area contributed by atoms with Crippen molar-refractivity contribution < 1.29 is 4.79 Å². The molecule has 0 saturated heterocycles. The molecule has 0 aliphatic heterocycles. The lowest BCUT2D eigenvalue weighted by molar-refractivity contribution is -0.116. The molecule has 2 aromatic rings. The van der Waals surface area contributed by atoms with E-state index in [9.17, 15) is 4.79 Å². The first-order valence-electron chi connectivity index (χ1n) is 7.34. The van der Waals surface area contributed by atoms with Gasteiger partial charge in [-0.1, -0.05) is 56.3 Å². The quantitative estimate of drug-likeness (QED) is 0.772. The third-order valence-corrected chi connectivity index (χ3v) is 3.68. The van der Waals surface area contributed by atoms with Crippen molar-refractivity contribution in [1.82, 2.24) is 0 Å². The molecule has 20 heavy (non-hydrogen) atoms. The van der Waals surface area contributed by atoms with Gasteiger partial charge < -0.3 is 0 Å². The minimum atomic E-state index is 0.208. The zero-order chi connectivity index (χ0) is 14.5. The molecule has 0 atom stereocenters. The molecule has 0 aromatic heterocycles. The van der Waals surface area contributed by atoms with Gasteiger partial charge in [-0.2, -0.15) is 0 Å². The first kappa shape index (κ1) is 14.5. The molecule has 0 aliphatic rings. The summed E-state index contributed by atoms with van der Waals surface area (Å²) in [6.07, 6.45) is 2.61. The molecule has 0 saturated carbocycles. The number of hydrogen-bond acceptors (Lipinski definition) is 1. The number of hydrogen-bond donors (Lipinski definition) is 0. The van der Waals surface area contributed by atoms with E-state index in [1.54, 1.807) is 6.92 Å². The Morgan fingerprint density at radius 2 is 1.55 bits per heavy atom. The highest BCUT2D eigenvalue weighted by Crippen LogP contribution is 2.26. The highest BCUT2D eigenvalue weighted by Gasteiger charge is 2.06. The van der Waals surface area contributed by atoms with Gasteiger partial charge in [0.05, 0.1) is 0 Å². The number of aryl methyl sites for hydroxylation is 2. The fraction of sp³-hybridized carbons (Fsp3) is 0.316. The van der Waals surface area contributed by atoms with E-state index in [4.69, 9.17) is 0 Å². The maximum Gasteiger partial charge on any atom is 0.134 e. The van der Waals surface area contributed by atoms with E-state index < -0.39 is 0 Å². The summed E-state index contributed by atoms with van der Waals surface area (Å²) >= 11 is 0. The smallest absolute Gasteiger partial charge is 0.134 e. The van der Waals surface area contributed by atoms with E-state index in [1.807, 2.05) is 0 Å². The van der Waals surface area contributed by atoms with E-state index in [0.29, 0.717) is 6.42 Å². The summed E-state index contributed by atoms with van der Waals surface area (Å²) in [6.45, 7) is 6.00. The maximum atomic E-state index is 11.2. The maximum absolute atomic E-state index is 11.2. The molecule has 0 radical (unpaired) electrons. The second-order valence-corrected chi connectivity index (χ2v) is 5.27. The zero-order valence-corrected chi connectivity index (χ0v) is 12.6. The molecular weight excluding hydrogens is 244 g/mol. The summed E-state index contributed by atoms with van der Waals surface area (Å²) in [6, 6.07) is 15.1. The Morgan fingerprint density at radius 1 is 0.900 bits per heavy atom. The topological polar surface area (TPSA) is 17.1 Å². The summed E-state index contributed by atoms with van der Waals surface area (Å²) in [7, 11) is 0. The Balaban J connectivity index is 2.37. The summed E-state index contributed by atoms with van der Waals surface area (Å²) in [5.41, 5.74) is 6.39. The van der Waals surface area contributed by atoms with Gasteiger partial charge in [0.15, 0.2) is 0 Å². The van der Waals surface area contributed by atoms with Crippen LogP contribution in [0, 0.1) is 0 Å². The molecule has 0 N–H and O–H groups in total. The highest BCUT2D eigenvalue weighted by molar-refractivity contribution is 5.78. The Labute approximate surface area is 121 Å². The van der Waals surface area contributed by atoms with Crippen LogP contribution in [0.3, 0.4) is 0 Å². The summed E-state index contributed by atoms with van der Waals surface area (Å²) in [4.78, 5) is 11.2. The van der Waals surface area contributed by atoms with Gasteiger partial charge in [-0.25, -0.2) is 0 Å². The minimum Gasteiger partial charge on any atom is -0.300 e. The second kappa shape index (κ2) is 6.51. The lowest BCUT2D eigenvalue weighted by atomic mass is 9.94. The Kier molecular flexibility index (Phi) is 4.73. The Bertz CT molecular complexity index is 594. The minimum absolute atomic E-state index is 0.208. The second-order valence-electron chi connectivity index (χ2n) is 5.27. The first-order valence-corrected chi connectivity index (χ1v) is 7.34. The lowest BCUT2D eigenvalue weighted by Crippen LogP contribution is -1.96. The van der Waals surface area contributed by atoms with Gasteiger partial charge in [0.25, 0.3) is 0 Å². The third-order valence-electron chi connectivity index (χ3n) is 3.68. The molecule has 104 valence electrons. The van der Waals surface area contributed by atoms with Crippen molar-refractivity contribution in [3.63, 3.8) is 0 Å². The van der Waals surface area contributed by atoms with E-state index in [1.165, 1.54) is 22.3 Å². The normalized spacial score (nSPS) is 10.6. The van der Waals surface area contributed by atoms with E-state index >= 15 is 0 Å². The van der Waals surface area contributed by atoms with Crippen LogP contribution in [-0.4, -0.2) is 5.78 Å². The zero-order valence-electron chi connectivity index (χ0n) is 12.6. The van der Waals surface area contributed by atoms with Gasteiger partial charge in [0.1, 0.15) is 5.78 Å². The van der Waals surface area contributed by atoms with Crippen LogP contribution in [-0.2, 0) is 24.1 Å². The SMILES string of the molecule is CCc1ccc(CC)c(-c2ccc(CC(C)=O)cc2)c1. The number of ketones is 1. The Hall–Kier alpha value is -1.89. The summed E-state index contributed by atoms with van der Waals surface area (Å²) in [5, 5.41) is 0. The van der Waals surface area contributed by atoms with Crippen molar-refractivity contribution in [3.05, 3.63) is 59.2 Å². The van der Waals surface area contributed by atoms with Gasteiger partial charge in [0, 0.05) is 6.42 Å². The molecule has 0 unspecified atom stereocenters. The summed E-state index contributed by atoms with van der Waals surface area (Å²) in [5.74, 6) is 0.208. The van der Waals surface area contributed by atoms with Crippen LogP contribution in [0.2, 0.25) is 0 Å². The van der Waals surface area contributed by atoms with Crippen molar-refractivity contribution in [3.8, 4) is 11.1 Å². The van der Waals surface area contributed by atoms with Crippen LogP contribution >= 0.6 is 0 Å². The molecule has 2 rings (SSSR count). The van der Waals surface area contributed by atoms with Gasteiger partial charge in [-0.3, -0.25) is 4.79 Å². The average molecular weight is 266 g/mol. The molecule has 0 spiro atoms. The number of rotatable bonds is 5. The average Bonchev–Trinajstić information content (AvgIpc) is 2.46. The van der Waals surface area contributed by atoms with Crippen molar-refractivity contribution in [2.45, 2.75) is 40.0 Å². The van der Waals surface area contributed by atoms with Gasteiger partial charge >= 0.3 is 0 Å². The van der Waals surface area contributed by atoms with Gasteiger partial charge in [0.2, 0.25) is 0 Å². The van der Waals surface area contributed by atoms with Gasteiger partial charge in [-0.15, -0.1) is 0 Å². The number of carbonyl (C=O) groups is 1. The van der Waals surface area contributed by atoms with Crippen LogP contribution in [0.15, 0.2) is 42.5 Å². The van der Waals surface area contributed by atoms with Crippen LogP contribution in [0.25, 0.3) is 11.1 Å².